The second kappa shape index (κ2) is 5.79. The van der Waals surface area contributed by atoms with Gasteiger partial charge in [-0.05, 0) is 36.5 Å². The molecule has 3 aromatic heterocycles. The van der Waals surface area contributed by atoms with Crippen molar-refractivity contribution in [2.75, 3.05) is 0 Å². The number of rotatable bonds is 3. The maximum atomic E-state index is 12.7. The number of pyridine rings is 1. The lowest BCUT2D eigenvalue weighted by Gasteiger charge is -2.28. The third-order valence-corrected chi connectivity index (χ3v) is 4.92. The largest absolute Gasteiger partial charge is 0.354 e. The molecule has 7 nitrogen and oxygen atoms in total. The van der Waals surface area contributed by atoms with Crippen LogP contribution in [0.1, 0.15) is 58.2 Å². The molecular formula is C19H21N5O2. The second-order valence-corrected chi connectivity index (χ2v) is 7.65. The van der Waals surface area contributed by atoms with Crippen molar-refractivity contribution in [3.63, 3.8) is 0 Å². The molecule has 3 aromatic rings. The number of nitrogens with one attached hydrogen (secondary N) is 2. The van der Waals surface area contributed by atoms with Crippen LogP contribution in [0.25, 0.3) is 5.65 Å². The normalized spacial score (nSPS) is 15.9. The van der Waals surface area contributed by atoms with Gasteiger partial charge in [-0.3, -0.25) is 14.0 Å². The van der Waals surface area contributed by atoms with Gasteiger partial charge in [-0.1, -0.05) is 19.9 Å². The number of amides is 1. The molecule has 0 saturated carbocycles. The van der Waals surface area contributed by atoms with E-state index in [1.165, 1.54) is 0 Å². The highest BCUT2D eigenvalue weighted by Crippen LogP contribution is 2.36. The van der Waals surface area contributed by atoms with Gasteiger partial charge >= 0.3 is 0 Å². The first-order valence-corrected chi connectivity index (χ1v) is 8.67. The molecule has 0 bridgehead atoms. The Morgan fingerprint density at radius 2 is 2.12 bits per heavy atom. The fourth-order valence-corrected chi connectivity index (χ4v) is 3.72. The molecule has 0 aliphatic heterocycles. The van der Waals surface area contributed by atoms with E-state index in [4.69, 9.17) is 0 Å². The summed E-state index contributed by atoms with van der Waals surface area (Å²) in [5.41, 5.74) is 3.37. The Kier molecular flexibility index (Phi) is 3.68. The smallest absolute Gasteiger partial charge is 0.268 e. The van der Waals surface area contributed by atoms with E-state index >= 15 is 0 Å². The number of ketones is 1. The van der Waals surface area contributed by atoms with Crippen molar-refractivity contribution >= 4 is 17.3 Å². The van der Waals surface area contributed by atoms with Crippen LogP contribution in [0, 0.1) is 12.3 Å². The molecule has 0 radical (unpaired) electrons. The fraction of sp³-hybridized carbons (Fsp3) is 0.368. The van der Waals surface area contributed by atoms with Gasteiger partial charge in [-0.2, -0.15) is 0 Å². The number of nitrogens with zero attached hydrogens (tertiary/aromatic N) is 3. The molecule has 7 heteroatoms. The van der Waals surface area contributed by atoms with Gasteiger partial charge in [0.1, 0.15) is 5.69 Å². The van der Waals surface area contributed by atoms with Gasteiger partial charge in [-0.15, -0.1) is 10.2 Å². The Bertz CT molecular complexity index is 1030. The highest BCUT2D eigenvalue weighted by atomic mass is 16.2. The zero-order valence-corrected chi connectivity index (χ0v) is 15.1. The molecule has 1 amide bonds. The predicted octanol–water partition coefficient (Wildman–Crippen LogP) is 2.45. The average molecular weight is 351 g/mol. The molecule has 1 aliphatic carbocycles. The van der Waals surface area contributed by atoms with E-state index in [0.29, 0.717) is 23.5 Å². The molecule has 2 N–H and O–H groups in total. The monoisotopic (exact) mass is 351 g/mol. The Morgan fingerprint density at radius 3 is 2.92 bits per heavy atom. The summed E-state index contributed by atoms with van der Waals surface area (Å²) in [5.74, 6) is 0.517. The number of H-pyrrole nitrogens is 1. The van der Waals surface area contributed by atoms with E-state index in [2.05, 4.69) is 34.3 Å². The predicted molar refractivity (Wildman–Crippen MR) is 96.1 cm³/mol. The lowest BCUT2D eigenvalue weighted by Crippen LogP contribution is -2.26. The summed E-state index contributed by atoms with van der Waals surface area (Å²) in [6.07, 6.45) is 3.12. The zero-order chi connectivity index (χ0) is 18.5. The summed E-state index contributed by atoms with van der Waals surface area (Å²) in [4.78, 5) is 28.3. The zero-order valence-electron chi connectivity index (χ0n) is 15.1. The van der Waals surface area contributed by atoms with Crippen molar-refractivity contribution in [2.24, 2.45) is 5.41 Å². The van der Waals surface area contributed by atoms with E-state index in [1.54, 1.807) is 0 Å². The molecule has 1 aliphatic rings. The molecule has 134 valence electrons. The van der Waals surface area contributed by atoms with E-state index in [-0.39, 0.29) is 23.7 Å². The van der Waals surface area contributed by atoms with Crippen LogP contribution in [-0.4, -0.2) is 31.3 Å². The minimum absolute atomic E-state index is 0.0877. The van der Waals surface area contributed by atoms with E-state index in [1.807, 2.05) is 35.7 Å². The number of aromatic nitrogens is 4. The topological polar surface area (TPSA) is 92.2 Å². The Morgan fingerprint density at radius 1 is 1.31 bits per heavy atom. The summed E-state index contributed by atoms with van der Waals surface area (Å²) in [6, 6.07) is 5.63. The van der Waals surface area contributed by atoms with Crippen LogP contribution in [0.2, 0.25) is 0 Å². The van der Waals surface area contributed by atoms with Gasteiger partial charge in [0, 0.05) is 23.9 Å². The van der Waals surface area contributed by atoms with E-state index < -0.39 is 0 Å². The Labute approximate surface area is 150 Å². The lowest BCUT2D eigenvalue weighted by atomic mass is 9.75. The third-order valence-electron chi connectivity index (χ3n) is 4.92. The number of carbonyl (C=O) groups is 2. The molecule has 3 heterocycles. The van der Waals surface area contributed by atoms with Crippen molar-refractivity contribution in [3.8, 4) is 0 Å². The first-order chi connectivity index (χ1) is 12.4. The van der Waals surface area contributed by atoms with Crippen molar-refractivity contribution in [1.82, 2.24) is 24.9 Å². The highest BCUT2D eigenvalue weighted by Gasteiger charge is 2.35. The molecule has 0 unspecified atom stereocenters. The maximum Gasteiger partial charge on any atom is 0.268 e. The van der Waals surface area contributed by atoms with E-state index in [0.717, 1.165) is 23.3 Å². The van der Waals surface area contributed by atoms with Crippen LogP contribution in [0.4, 0.5) is 0 Å². The maximum absolute atomic E-state index is 12.7. The lowest BCUT2D eigenvalue weighted by molar-refractivity contribution is 0.0909. The summed E-state index contributed by atoms with van der Waals surface area (Å²) >= 11 is 0. The van der Waals surface area contributed by atoms with Crippen LogP contribution in [0.5, 0.6) is 0 Å². The molecule has 0 saturated heterocycles. The summed E-state index contributed by atoms with van der Waals surface area (Å²) in [6.45, 7) is 6.22. The quantitative estimate of drug-likeness (QED) is 0.758. The van der Waals surface area contributed by atoms with Crippen LogP contribution in [-0.2, 0) is 13.0 Å². The standard InChI is InChI=1S/C19H21N5O2/c1-11-16-12(8-19(2,3)9-13(16)25)21-17(11)18(26)20-10-15-23-22-14-6-4-5-7-24(14)15/h4-7,21H,8-10H2,1-3H3,(H,20,26). The van der Waals surface area contributed by atoms with Gasteiger partial charge in [0.2, 0.25) is 0 Å². The van der Waals surface area contributed by atoms with Gasteiger partial charge < -0.3 is 10.3 Å². The summed E-state index contributed by atoms with van der Waals surface area (Å²) in [5, 5.41) is 11.1. The summed E-state index contributed by atoms with van der Waals surface area (Å²) < 4.78 is 1.83. The number of hydrogen-bond acceptors (Lipinski definition) is 4. The number of hydrogen-bond donors (Lipinski definition) is 2. The molecule has 0 spiro atoms. The molecule has 0 atom stereocenters. The van der Waals surface area contributed by atoms with Gasteiger partial charge in [0.15, 0.2) is 17.3 Å². The fourth-order valence-electron chi connectivity index (χ4n) is 3.72. The van der Waals surface area contributed by atoms with Gasteiger partial charge in [-0.25, -0.2) is 0 Å². The van der Waals surface area contributed by atoms with E-state index in [9.17, 15) is 9.59 Å². The van der Waals surface area contributed by atoms with Crippen molar-refractivity contribution in [2.45, 2.75) is 40.2 Å². The SMILES string of the molecule is Cc1c(C(=O)NCc2nnc3ccccn23)[nH]c2c1C(=O)CC(C)(C)C2. The Hall–Kier alpha value is -2.96. The minimum Gasteiger partial charge on any atom is -0.354 e. The highest BCUT2D eigenvalue weighted by molar-refractivity contribution is 6.04. The van der Waals surface area contributed by atoms with Gasteiger partial charge in [0.05, 0.1) is 6.54 Å². The Balaban J connectivity index is 1.57. The molecule has 0 aromatic carbocycles. The van der Waals surface area contributed by atoms with Crippen LogP contribution in [0.15, 0.2) is 24.4 Å². The molecule has 4 rings (SSSR count). The number of carbonyl (C=O) groups excluding carboxylic acids is 2. The van der Waals surface area contributed by atoms with Crippen molar-refractivity contribution in [3.05, 3.63) is 52.7 Å². The molecule has 0 fully saturated rings. The number of Topliss-reactive ketones (excluding diaryl/α,β-unsaturated/α-hetero) is 1. The summed E-state index contributed by atoms with van der Waals surface area (Å²) in [7, 11) is 0. The number of fused-ring (bicyclic) bond motifs is 2. The number of aromatic amines is 1. The third kappa shape index (κ3) is 2.69. The first kappa shape index (κ1) is 16.5. The first-order valence-electron chi connectivity index (χ1n) is 8.67. The second-order valence-electron chi connectivity index (χ2n) is 7.65. The van der Waals surface area contributed by atoms with Crippen molar-refractivity contribution < 1.29 is 9.59 Å². The van der Waals surface area contributed by atoms with Crippen LogP contribution < -0.4 is 5.32 Å². The van der Waals surface area contributed by atoms with Gasteiger partial charge in [0.25, 0.3) is 5.91 Å². The molecular weight excluding hydrogens is 330 g/mol. The minimum atomic E-state index is -0.241. The molecule has 26 heavy (non-hydrogen) atoms. The van der Waals surface area contributed by atoms with Crippen molar-refractivity contribution in [1.29, 1.82) is 0 Å². The van der Waals surface area contributed by atoms with Crippen LogP contribution in [0.3, 0.4) is 0 Å². The van der Waals surface area contributed by atoms with Crippen LogP contribution >= 0.6 is 0 Å². The average Bonchev–Trinajstić information content (AvgIpc) is 3.13.